The van der Waals surface area contributed by atoms with Crippen molar-refractivity contribution in [2.45, 2.75) is 0 Å². The zero-order valence-electron chi connectivity index (χ0n) is 14.9. The minimum absolute atomic E-state index is 0.208. The number of hydrogen-bond acceptors (Lipinski definition) is 5. The summed E-state index contributed by atoms with van der Waals surface area (Å²) in [6, 6.07) is 19.6. The van der Waals surface area contributed by atoms with Crippen molar-refractivity contribution in [1.29, 1.82) is 0 Å². The summed E-state index contributed by atoms with van der Waals surface area (Å²) in [5.74, 6) is -0.761. The summed E-state index contributed by atoms with van der Waals surface area (Å²) in [6.45, 7) is 0. The first-order valence-electron chi connectivity index (χ1n) is 8.53. The highest BCUT2D eigenvalue weighted by molar-refractivity contribution is 6.34. The van der Waals surface area contributed by atoms with E-state index in [-0.39, 0.29) is 11.3 Å². The van der Waals surface area contributed by atoms with Crippen molar-refractivity contribution in [2.75, 3.05) is 12.0 Å². The summed E-state index contributed by atoms with van der Waals surface area (Å²) in [5.41, 5.74) is 1.20. The number of benzene rings is 3. The van der Waals surface area contributed by atoms with Crippen molar-refractivity contribution in [3.8, 4) is 11.5 Å². The molecule has 3 aromatic rings. The second kappa shape index (κ2) is 7.00. The molecule has 6 heteroatoms. The fourth-order valence-electron chi connectivity index (χ4n) is 3.06. The van der Waals surface area contributed by atoms with E-state index < -0.39 is 17.8 Å². The number of hydrogen-bond donors (Lipinski definition) is 0. The number of anilines is 1. The molecule has 1 aliphatic rings. The highest BCUT2D eigenvalue weighted by atomic mass is 16.6. The van der Waals surface area contributed by atoms with Gasteiger partial charge in [0, 0.05) is 0 Å². The fourth-order valence-corrected chi connectivity index (χ4v) is 3.06. The van der Waals surface area contributed by atoms with Gasteiger partial charge in [0.2, 0.25) is 0 Å². The van der Waals surface area contributed by atoms with Gasteiger partial charge >= 0.3 is 5.97 Å². The van der Waals surface area contributed by atoms with Gasteiger partial charge in [-0.05, 0) is 42.5 Å². The molecule has 4 rings (SSSR count). The Morgan fingerprint density at radius 1 is 0.786 bits per heavy atom. The monoisotopic (exact) mass is 373 g/mol. The molecule has 0 spiro atoms. The quantitative estimate of drug-likeness (QED) is 0.396. The lowest BCUT2D eigenvalue weighted by atomic mass is 10.1. The number of methoxy groups -OCH3 is 1. The van der Waals surface area contributed by atoms with Crippen LogP contribution in [0.5, 0.6) is 11.5 Å². The van der Waals surface area contributed by atoms with E-state index in [1.807, 2.05) is 0 Å². The standard InChI is InChI=1S/C22H15NO5/c1-27-18-11-4-5-12-19(18)28-22(26)14-7-6-8-15(13-14)23-20(24)16-9-2-3-10-17(16)21(23)25/h2-13H,1H3. The maximum absolute atomic E-state index is 12.6. The van der Waals surface area contributed by atoms with Crippen LogP contribution in [0.3, 0.4) is 0 Å². The van der Waals surface area contributed by atoms with Crippen LogP contribution in [-0.4, -0.2) is 24.9 Å². The Balaban J connectivity index is 1.63. The fraction of sp³-hybridized carbons (Fsp3) is 0.0455. The van der Waals surface area contributed by atoms with Crippen molar-refractivity contribution in [2.24, 2.45) is 0 Å². The number of amides is 2. The van der Waals surface area contributed by atoms with Gasteiger partial charge in [-0.1, -0.05) is 30.3 Å². The van der Waals surface area contributed by atoms with Gasteiger partial charge in [0.05, 0.1) is 29.5 Å². The summed E-state index contributed by atoms with van der Waals surface area (Å²) in [5, 5.41) is 0. The zero-order chi connectivity index (χ0) is 19.7. The van der Waals surface area contributed by atoms with Gasteiger partial charge < -0.3 is 9.47 Å². The molecule has 28 heavy (non-hydrogen) atoms. The topological polar surface area (TPSA) is 72.9 Å². The highest BCUT2D eigenvalue weighted by Crippen LogP contribution is 2.30. The van der Waals surface area contributed by atoms with Gasteiger partial charge in [-0.15, -0.1) is 0 Å². The van der Waals surface area contributed by atoms with Gasteiger partial charge in [-0.3, -0.25) is 9.59 Å². The number of rotatable bonds is 4. The smallest absolute Gasteiger partial charge is 0.343 e. The van der Waals surface area contributed by atoms with Crippen LogP contribution in [-0.2, 0) is 0 Å². The summed E-state index contributed by atoms with van der Waals surface area (Å²) >= 11 is 0. The van der Waals surface area contributed by atoms with E-state index >= 15 is 0 Å². The average Bonchev–Trinajstić information content (AvgIpc) is 2.99. The molecule has 1 heterocycles. The van der Waals surface area contributed by atoms with Crippen molar-refractivity contribution in [1.82, 2.24) is 0 Å². The molecular formula is C22H15NO5. The van der Waals surface area contributed by atoms with Crippen LogP contribution in [0, 0.1) is 0 Å². The van der Waals surface area contributed by atoms with E-state index in [4.69, 9.17) is 9.47 Å². The summed E-state index contributed by atoms with van der Waals surface area (Å²) in [4.78, 5) is 38.9. The minimum Gasteiger partial charge on any atom is -0.493 e. The number of carbonyl (C=O) groups excluding carboxylic acids is 3. The third kappa shape index (κ3) is 2.91. The van der Waals surface area contributed by atoms with Gasteiger partial charge in [0.1, 0.15) is 0 Å². The molecule has 0 unspecified atom stereocenters. The molecule has 0 aliphatic carbocycles. The third-order valence-electron chi connectivity index (χ3n) is 4.41. The Bertz CT molecular complexity index is 1070. The van der Waals surface area contributed by atoms with E-state index in [2.05, 4.69) is 0 Å². The van der Waals surface area contributed by atoms with E-state index in [1.165, 1.54) is 13.2 Å². The maximum Gasteiger partial charge on any atom is 0.343 e. The molecule has 0 N–H and O–H groups in total. The predicted molar refractivity (Wildman–Crippen MR) is 102 cm³/mol. The molecule has 0 atom stereocenters. The van der Waals surface area contributed by atoms with E-state index in [9.17, 15) is 14.4 Å². The minimum atomic E-state index is -0.622. The van der Waals surface area contributed by atoms with E-state index in [0.717, 1.165) is 4.90 Å². The first-order valence-corrected chi connectivity index (χ1v) is 8.53. The number of esters is 1. The van der Waals surface area contributed by atoms with Crippen molar-refractivity contribution in [3.63, 3.8) is 0 Å². The lowest BCUT2D eigenvalue weighted by Crippen LogP contribution is -2.29. The molecule has 0 saturated carbocycles. The summed E-state index contributed by atoms with van der Waals surface area (Å²) < 4.78 is 10.6. The van der Waals surface area contributed by atoms with Crippen LogP contribution in [0.1, 0.15) is 31.1 Å². The molecular weight excluding hydrogens is 358 g/mol. The Hall–Kier alpha value is -3.93. The van der Waals surface area contributed by atoms with Crippen molar-refractivity contribution < 1.29 is 23.9 Å². The van der Waals surface area contributed by atoms with Crippen LogP contribution in [0.25, 0.3) is 0 Å². The van der Waals surface area contributed by atoms with Crippen LogP contribution >= 0.6 is 0 Å². The van der Waals surface area contributed by atoms with Gasteiger partial charge in [-0.2, -0.15) is 0 Å². The number of para-hydroxylation sites is 2. The molecule has 0 bridgehead atoms. The van der Waals surface area contributed by atoms with E-state index in [0.29, 0.717) is 22.6 Å². The molecule has 0 aromatic heterocycles. The van der Waals surface area contributed by atoms with Gasteiger partial charge in [0.25, 0.3) is 11.8 Å². The van der Waals surface area contributed by atoms with Crippen LogP contribution in [0.15, 0.2) is 72.8 Å². The summed E-state index contributed by atoms with van der Waals surface area (Å²) in [6.07, 6.45) is 0. The van der Waals surface area contributed by atoms with Crippen molar-refractivity contribution in [3.05, 3.63) is 89.5 Å². The number of imide groups is 1. The molecule has 2 amide bonds. The van der Waals surface area contributed by atoms with Crippen LogP contribution in [0.2, 0.25) is 0 Å². The third-order valence-corrected chi connectivity index (χ3v) is 4.41. The Kier molecular flexibility index (Phi) is 4.37. The molecule has 0 fully saturated rings. The Morgan fingerprint density at radius 3 is 2.04 bits per heavy atom. The zero-order valence-corrected chi connectivity index (χ0v) is 14.9. The number of carbonyl (C=O) groups is 3. The summed E-state index contributed by atoms with van der Waals surface area (Å²) in [7, 11) is 1.48. The largest absolute Gasteiger partial charge is 0.493 e. The number of ether oxygens (including phenoxy) is 2. The van der Waals surface area contributed by atoms with Crippen LogP contribution in [0.4, 0.5) is 5.69 Å². The number of fused-ring (bicyclic) bond motifs is 1. The molecule has 1 aliphatic heterocycles. The Morgan fingerprint density at radius 2 is 1.39 bits per heavy atom. The molecule has 3 aromatic carbocycles. The first kappa shape index (κ1) is 17.5. The molecule has 0 saturated heterocycles. The Labute approximate surface area is 160 Å². The second-order valence-corrected chi connectivity index (χ2v) is 6.08. The van der Waals surface area contributed by atoms with Crippen LogP contribution < -0.4 is 14.4 Å². The SMILES string of the molecule is COc1ccccc1OC(=O)c1cccc(N2C(=O)c3ccccc3C2=O)c1. The first-order chi connectivity index (χ1) is 13.6. The van der Waals surface area contributed by atoms with Crippen molar-refractivity contribution >= 4 is 23.5 Å². The molecule has 138 valence electrons. The normalized spacial score (nSPS) is 12.7. The maximum atomic E-state index is 12.6. The highest BCUT2D eigenvalue weighted by Gasteiger charge is 2.36. The molecule has 0 radical (unpaired) electrons. The van der Waals surface area contributed by atoms with Gasteiger partial charge in [0.15, 0.2) is 11.5 Å². The average molecular weight is 373 g/mol. The second-order valence-electron chi connectivity index (χ2n) is 6.08. The predicted octanol–water partition coefficient (Wildman–Crippen LogP) is 3.72. The lowest BCUT2D eigenvalue weighted by molar-refractivity contribution is 0.0728. The molecule has 6 nitrogen and oxygen atoms in total. The lowest BCUT2D eigenvalue weighted by Gasteiger charge is -2.15. The van der Waals surface area contributed by atoms with Gasteiger partial charge in [-0.25, -0.2) is 9.69 Å². The number of nitrogens with zero attached hydrogens (tertiary/aromatic N) is 1. The van der Waals surface area contributed by atoms with E-state index in [1.54, 1.807) is 66.7 Å².